The van der Waals surface area contributed by atoms with Crippen molar-refractivity contribution in [2.75, 3.05) is 5.32 Å². The van der Waals surface area contributed by atoms with Crippen molar-refractivity contribution in [3.63, 3.8) is 0 Å². The van der Waals surface area contributed by atoms with Crippen LogP contribution >= 0.6 is 11.3 Å². The molecule has 0 bridgehead atoms. The van der Waals surface area contributed by atoms with Crippen molar-refractivity contribution < 1.29 is 4.79 Å². The Morgan fingerprint density at radius 1 is 1.39 bits per heavy atom. The summed E-state index contributed by atoms with van der Waals surface area (Å²) in [6.07, 6.45) is 0. The Labute approximate surface area is 107 Å². The van der Waals surface area contributed by atoms with E-state index in [0.717, 1.165) is 11.4 Å². The predicted octanol–water partition coefficient (Wildman–Crippen LogP) is 0.955. The molecule has 0 radical (unpaired) electrons. The van der Waals surface area contributed by atoms with E-state index < -0.39 is 0 Å². The molecule has 6 nitrogen and oxygen atoms in total. The van der Waals surface area contributed by atoms with Gasteiger partial charge in [0.05, 0.1) is 0 Å². The van der Waals surface area contributed by atoms with Crippen LogP contribution in [0.3, 0.4) is 0 Å². The average molecular weight is 264 g/mol. The first-order valence-corrected chi connectivity index (χ1v) is 6.18. The highest BCUT2D eigenvalue weighted by atomic mass is 32.1. The van der Waals surface area contributed by atoms with Crippen molar-refractivity contribution in [3.8, 4) is 0 Å². The third-order valence-electron chi connectivity index (χ3n) is 2.46. The topological polar surface area (TPSA) is 76.9 Å². The molecular weight excluding hydrogens is 252 g/mol. The Balaban J connectivity index is 2.14. The summed E-state index contributed by atoms with van der Waals surface area (Å²) in [5.74, 6) is -0.193. The summed E-state index contributed by atoms with van der Waals surface area (Å²) in [6.45, 7) is 3.75. The number of pyridine rings is 1. The molecule has 0 aliphatic rings. The number of nitrogens with zero attached hydrogens (tertiary/aromatic N) is 3. The minimum Gasteiger partial charge on any atom is -0.340 e. The Morgan fingerprint density at radius 3 is 2.61 bits per heavy atom. The maximum Gasteiger partial charge on any atom is 0.246 e. The summed E-state index contributed by atoms with van der Waals surface area (Å²) in [4.78, 5) is 23.1. The molecule has 7 heteroatoms. The maximum atomic E-state index is 11.8. The van der Waals surface area contributed by atoms with Gasteiger partial charge in [-0.1, -0.05) is 11.3 Å². The SMILES string of the molecule is Cc1cc(=O)cc(C)n1CC(=O)Nc1nncs1. The zero-order chi connectivity index (χ0) is 13.1. The van der Waals surface area contributed by atoms with Gasteiger partial charge in [0.2, 0.25) is 11.0 Å². The van der Waals surface area contributed by atoms with E-state index in [1.807, 2.05) is 0 Å². The van der Waals surface area contributed by atoms with Crippen LogP contribution in [0, 0.1) is 13.8 Å². The zero-order valence-corrected chi connectivity index (χ0v) is 10.8. The number of carbonyl (C=O) groups excluding carboxylic acids is 1. The van der Waals surface area contributed by atoms with Crippen LogP contribution in [0.5, 0.6) is 0 Å². The van der Waals surface area contributed by atoms with E-state index >= 15 is 0 Å². The number of rotatable bonds is 3. The van der Waals surface area contributed by atoms with Gasteiger partial charge in [0.15, 0.2) is 5.43 Å². The highest BCUT2D eigenvalue weighted by molar-refractivity contribution is 7.13. The largest absolute Gasteiger partial charge is 0.340 e. The molecule has 0 aromatic carbocycles. The standard InChI is InChI=1S/C11H12N4O2S/c1-7-3-9(16)4-8(2)15(7)5-10(17)13-11-14-12-6-18-11/h3-4,6H,5H2,1-2H3,(H,13,14,17). The van der Waals surface area contributed by atoms with Gasteiger partial charge in [-0.15, -0.1) is 10.2 Å². The molecule has 94 valence electrons. The average Bonchev–Trinajstić information content (AvgIpc) is 2.76. The summed E-state index contributed by atoms with van der Waals surface area (Å²) < 4.78 is 1.78. The van der Waals surface area contributed by atoms with Gasteiger partial charge in [-0.25, -0.2) is 0 Å². The summed E-state index contributed by atoms with van der Waals surface area (Å²) in [5, 5.41) is 10.5. The molecule has 0 fully saturated rings. The van der Waals surface area contributed by atoms with Crippen LogP contribution in [0.25, 0.3) is 0 Å². The van der Waals surface area contributed by atoms with Gasteiger partial charge in [-0.2, -0.15) is 0 Å². The van der Waals surface area contributed by atoms with Gasteiger partial charge in [-0.05, 0) is 13.8 Å². The van der Waals surface area contributed by atoms with Gasteiger partial charge in [0.1, 0.15) is 12.1 Å². The molecule has 2 heterocycles. The van der Waals surface area contributed by atoms with Crippen LogP contribution in [0.15, 0.2) is 22.4 Å². The zero-order valence-electron chi connectivity index (χ0n) is 10.0. The minimum absolute atomic E-state index is 0.0502. The third-order valence-corrected chi connectivity index (χ3v) is 3.07. The normalized spacial score (nSPS) is 10.3. The molecule has 0 atom stereocenters. The lowest BCUT2D eigenvalue weighted by atomic mass is 10.3. The molecule has 18 heavy (non-hydrogen) atoms. The Hall–Kier alpha value is -2.02. The number of aryl methyl sites for hydroxylation is 2. The highest BCUT2D eigenvalue weighted by Gasteiger charge is 2.08. The van der Waals surface area contributed by atoms with Crippen LogP contribution in [0.4, 0.5) is 5.13 Å². The van der Waals surface area contributed by atoms with Crippen molar-refractivity contribution in [1.82, 2.24) is 14.8 Å². The quantitative estimate of drug-likeness (QED) is 0.895. The van der Waals surface area contributed by atoms with Crippen LogP contribution in [-0.4, -0.2) is 20.7 Å². The molecule has 0 unspecified atom stereocenters. The summed E-state index contributed by atoms with van der Waals surface area (Å²) >= 11 is 1.26. The lowest BCUT2D eigenvalue weighted by molar-refractivity contribution is -0.116. The Morgan fingerprint density at radius 2 is 2.06 bits per heavy atom. The van der Waals surface area contributed by atoms with Crippen LogP contribution in [0.2, 0.25) is 0 Å². The molecule has 0 saturated heterocycles. The van der Waals surface area contributed by atoms with Crippen LogP contribution in [-0.2, 0) is 11.3 Å². The maximum absolute atomic E-state index is 11.8. The lowest BCUT2D eigenvalue weighted by Crippen LogP contribution is -2.23. The minimum atomic E-state index is -0.193. The number of amides is 1. The fourth-order valence-corrected chi connectivity index (χ4v) is 2.13. The van der Waals surface area contributed by atoms with Crippen molar-refractivity contribution >= 4 is 22.4 Å². The second-order valence-corrected chi connectivity index (χ2v) is 4.69. The van der Waals surface area contributed by atoms with Crippen LogP contribution in [0.1, 0.15) is 11.4 Å². The van der Waals surface area contributed by atoms with Gasteiger partial charge in [-0.3, -0.25) is 14.9 Å². The van der Waals surface area contributed by atoms with Crippen molar-refractivity contribution in [2.24, 2.45) is 0 Å². The predicted molar refractivity (Wildman–Crippen MR) is 68.7 cm³/mol. The van der Waals surface area contributed by atoms with Gasteiger partial charge >= 0.3 is 0 Å². The van der Waals surface area contributed by atoms with Crippen LogP contribution < -0.4 is 10.7 Å². The van der Waals surface area contributed by atoms with E-state index in [9.17, 15) is 9.59 Å². The second kappa shape index (κ2) is 5.09. The number of hydrogen-bond acceptors (Lipinski definition) is 5. The molecule has 1 N–H and O–H groups in total. The van der Waals surface area contributed by atoms with E-state index in [-0.39, 0.29) is 17.9 Å². The monoisotopic (exact) mass is 264 g/mol. The molecule has 0 spiro atoms. The molecule has 2 aromatic heterocycles. The molecule has 0 saturated carbocycles. The van der Waals surface area contributed by atoms with Gasteiger partial charge in [0, 0.05) is 23.5 Å². The van der Waals surface area contributed by atoms with E-state index in [1.165, 1.54) is 23.5 Å². The molecule has 0 aliphatic carbocycles. The fourth-order valence-electron chi connectivity index (χ4n) is 1.67. The molecule has 2 aromatic rings. The Kier molecular flexibility index (Phi) is 3.52. The van der Waals surface area contributed by atoms with Gasteiger partial charge in [0.25, 0.3) is 0 Å². The summed E-state index contributed by atoms with van der Waals surface area (Å²) in [6, 6.07) is 3.01. The van der Waals surface area contributed by atoms with Crippen molar-refractivity contribution in [2.45, 2.75) is 20.4 Å². The number of aromatic nitrogens is 3. The van der Waals surface area contributed by atoms with E-state index in [0.29, 0.717) is 5.13 Å². The van der Waals surface area contributed by atoms with E-state index in [4.69, 9.17) is 0 Å². The Bertz CT molecular complexity index is 592. The van der Waals surface area contributed by atoms with E-state index in [1.54, 1.807) is 23.9 Å². The lowest BCUT2D eigenvalue weighted by Gasteiger charge is -2.13. The molecule has 2 rings (SSSR count). The molecule has 0 aliphatic heterocycles. The smallest absolute Gasteiger partial charge is 0.246 e. The summed E-state index contributed by atoms with van der Waals surface area (Å²) in [5.41, 5.74) is 3.01. The number of carbonyl (C=O) groups is 1. The van der Waals surface area contributed by atoms with Gasteiger partial charge < -0.3 is 4.57 Å². The molecular formula is C11H12N4O2S. The first kappa shape index (κ1) is 12.4. The number of hydrogen-bond donors (Lipinski definition) is 1. The van der Waals surface area contributed by atoms with Crippen molar-refractivity contribution in [3.05, 3.63) is 39.3 Å². The number of nitrogens with one attached hydrogen (secondary N) is 1. The number of anilines is 1. The highest BCUT2D eigenvalue weighted by Crippen LogP contribution is 2.08. The fraction of sp³-hybridized carbons (Fsp3) is 0.273. The first-order chi connectivity index (χ1) is 8.56. The van der Waals surface area contributed by atoms with E-state index in [2.05, 4.69) is 15.5 Å². The summed E-state index contributed by atoms with van der Waals surface area (Å²) in [7, 11) is 0. The molecule has 1 amide bonds. The second-order valence-electron chi connectivity index (χ2n) is 3.85. The third kappa shape index (κ3) is 2.80. The van der Waals surface area contributed by atoms with Crippen molar-refractivity contribution in [1.29, 1.82) is 0 Å². The first-order valence-electron chi connectivity index (χ1n) is 5.30.